The van der Waals surface area contributed by atoms with Crippen molar-refractivity contribution in [3.8, 4) is 0 Å². The number of benzene rings is 1. The van der Waals surface area contributed by atoms with Crippen LogP contribution in [0.1, 0.15) is 30.7 Å². The van der Waals surface area contributed by atoms with Crippen molar-refractivity contribution in [1.82, 2.24) is 5.32 Å². The van der Waals surface area contributed by atoms with E-state index in [1.807, 2.05) is 24.3 Å². The molecule has 0 aromatic heterocycles. The summed E-state index contributed by atoms with van der Waals surface area (Å²) < 4.78 is 0. The van der Waals surface area contributed by atoms with Gasteiger partial charge in [0.25, 0.3) is 0 Å². The van der Waals surface area contributed by atoms with Gasteiger partial charge in [-0.1, -0.05) is 30.2 Å². The number of amides is 1. The van der Waals surface area contributed by atoms with Crippen LogP contribution in [0.3, 0.4) is 0 Å². The molecule has 0 bridgehead atoms. The molecule has 1 N–H and O–H groups in total. The van der Waals surface area contributed by atoms with E-state index in [0.717, 1.165) is 23.4 Å². The maximum absolute atomic E-state index is 11.9. The van der Waals surface area contributed by atoms with Crippen LogP contribution < -0.4 is 5.32 Å². The number of nitrogens with one attached hydrogen (secondary N) is 1. The highest BCUT2D eigenvalue weighted by molar-refractivity contribution is 6.30. The first-order chi connectivity index (χ1) is 7.75. The van der Waals surface area contributed by atoms with Crippen LogP contribution in [0, 0.1) is 5.92 Å². The van der Waals surface area contributed by atoms with E-state index in [9.17, 15) is 4.79 Å². The van der Waals surface area contributed by atoms with Gasteiger partial charge >= 0.3 is 0 Å². The van der Waals surface area contributed by atoms with Crippen LogP contribution in [-0.2, 0) is 4.79 Å². The number of rotatable bonds is 1. The van der Waals surface area contributed by atoms with E-state index < -0.39 is 0 Å². The SMILES string of the molecule is O=C1N[C@@H]2CCC[C@@H]2[C@@H]1c1ccc(Cl)cc1. The van der Waals surface area contributed by atoms with E-state index in [1.165, 1.54) is 6.42 Å². The van der Waals surface area contributed by atoms with Gasteiger partial charge in [-0.3, -0.25) is 4.79 Å². The topological polar surface area (TPSA) is 29.1 Å². The second-order valence-corrected chi connectivity index (χ2v) is 5.18. The van der Waals surface area contributed by atoms with E-state index in [2.05, 4.69) is 5.32 Å². The predicted molar refractivity (Wildman–Crippen MR) is 63.5 cm³/mol. The minimum absolute atomic E-state index is 0.0461. The van der Waals surface area contributed by atoms with Crippen molar-refractivity contribution in [2.45, 2.75) is 31.2 Å². The number of hydrogen-bond acceptors (Lipinski definition) is 1. The lowest BCUT2D eigenvalue weighted by Crippen LogP contribution is -2.25. The first-order valence-corrected chi connectivity index (χ1v) is 6.19. The summed E-state index contributed by atoms with van der Waals surface area (Å²) >= 11 is 5.87. The fourth-order valence-corrected chi connectivity index (χ4v) is 3.23. The molecule has 2 nitrogen and oxygen atoms in total. The Bertz CT molecular complexity index is 414. The minimum atomic E-state index is 0.0461. The van der Waals surface area contributed by atoms with Crippen LogP contribution in [-0.4, -0.2) is 11.9 Å². The van der Waals surface area contributed by atoms with Gasteiger partial charge in [0.1, 0.15) is 0 Å². The zero-order valence-corrected chi connectivity index (χ0v) is 9.70. The van der Waals surface area contributed by atoms with E-state index in [-0.39, 0.29) is 11.8 Å². The summed E-state index contributed by atoms with van der Waals surface area (Å²) in [4.78, 5) is 11.9. The number of fused-ring (bicyclic) bond motifs is 1. The molecule has 1 aromatic rings. The second-order valence-electron chi connectivity index (χ2n) is 4.74. The molecule has 1 saturated heterocycles. The van der Waals surface area contributed by atoms with Crippen molar-refractivity contribution in [3.63, 3.8) is 0 Å². The number of hydrogen-bond donors (Lipinski definition) is 1. The van der Waals surface area contributed by atoms with Gasteiger partial charge in [-0.2, -0.15) is 0 Å². The predicted octanol–water partition coefficient (Wildman–Crippen LogP) is 2.72. The zero-order chi connectivity index (χ0) is 11.1. The monoisotopic (exact) mass is 235 g/mol. The lowest BCUT2D eigenvalue weighted by molar-refractivity contribution is -0.121. The van der Waals surface area contributed by atoms with Crippen LogP contribution in [0.2, 0.25) is 5.02 Å². The number of halogens is 1. The highest BCUT2D eigenvalue weighted by Crippen LogP contribution is 2.42. The van der Waals surface area contributed by atoms with Gasteiger partial charge in [-0.25, -0.2) is 0 Å². The van der Waals surface area contributed by atoms with Crippen LogP contribution in [0.4, 0.5) is 0 Å². The average Bonchev–Trinajstić information content (AvgIpc) is 2.79. The lowest BCUT2D eigenvalue weighted by atomic mass is 9.86. The van der Waals surface area contributed by atoms with Crippen LogP contribution in [0.5, 0.6) is 0 Å². The van der Waals surface area contributed by atoms with Crippen LogP contribution in [0.25, 0.3) is 0 Å². The fourth-order valence-electron chi connectivity index (χ4n) is 3.10. The molecule has 2 aliphatic rings. The molecule has 1 heterocycles. The fraction of sp³-hybridized carbons (Fsp3) is 0.462. The van der Waals surface area contributed by atoms with Gasteiger partial charge in [0.15, 0.2) is 0 Å². The second kappa shape index (κ2) is 3.77. The van der Waals surface area contributed by atoms with Crippen molar-refractivity contribution in [2.75, 3.05) is 0 Å². The van der Waals surface area contributed by atoms with Gasteiger partial charge < -0.3 is 5.32 Å². The third-order valence-electron chi connectivity index (χ3n) is 3.84. The number of carbonyl (C=O) groups is 1. The first-order valence-electron chi connectivity index (χ1n) is 5.81. The Kier molecular flexibility index (Phi) is 2.40. The van der Waals surface area contributed by atoms with E-state index in [4.69, 9.17) is 11.6 Å². The Morgan fingerprint density at radius 3 is 2.69 bits per heavy atom. The van der Waals surface area contributed by atoms with Gasteiger partial charge in [-0.15, -0.1) is 0 Å². The Balaban J connectivity index is 1.93. The normalized spacial score (nSPS) is 32.6. The Hall–Kier alpha value is -1.02. The summed E-state index contributed by atoms with van der Waals surface area (Å²) in [6, 6.07) is 8.10. The molecule has 3 rings (SSSR count). The Morgan fingerprint density at radius 1 is 1.19 bits per heavy atom. The molecular weight excluding hydrogens is 222 g/mol. The van der Waals surface area contributed by atoms with Gasteiger partial charge in [0.2, 0.25) is 5.91 Å². The third kappa shape index (κ3) is 1.52. The maximum atomic E-state index is 11.9. The molecule has 0 radical (unpaired) electrons. The summed E-state index contributed by atoms with van der Waals surface area (Å²) in [5, 5.41) is 3.83. The van der Waals surface area contributed by atoms with Crippen molar-refractivity contribution in [1.29, 1.82) is 0 Å². The molecule has 1 aromatic carbocycles. The molecule has 3 heteroatoms. The van der Waals surface area contributed by atoms with E-state index >= 15 is 0 Å². The highest BCUT2D eigenvalue weighted by atomic mass is 35.5. The summed E-state index contributed by atoms with van der Waals surface area (Å²) in [5.74, 6) is 0.732. The summed E-state index contributed by atoms with van der Waals surface area (Å²) in [6.07, 6.45) is 3.54. The summed E-state index contributed by atoms with van der Waals surface area (Å²) in [7, 11) is 0. The van der Waals surface area contributed by atoms with E-state index in [1.54, 1.807) is 0 Å². The van der Waals surface area contributed by atoms with Gasteiger partial charge in [0, 0.05) is 11.1 Å². The van der Waals surface area contributed by atoms with Crippen LogP contribution >= 0.6 is 11.6 Å². The molecule has 1 saturated carbocycles. The van der Waals surface area contributed by atoms with E-state index in [0.29, 0.717) is 12.0 Å². The third-order valence-corrected chi connectivity index (χ3v) is 4.09. The highest BCUT2D eigenvalue weighted by Gasteiger charge is 2.45. The van der Waals surface area contributed by atoms with Gasteiger partial charge in [0.05, 0.1) is 5.92 Å². The van der Waals surface area contributed by atoms with Crippen molar-refractivity contribution >= 4 is 17.5 Å². The molecule has 1 aliphatic heterocycles. The Morgan fingerprint density at radius 2 is 1.94 bits per heavy atom. The summed E-state index contributed by atoms with van der Waals surface area (Å²) in [5.41, 5.74) is 1.11. The van der Waals surface area contributed by atoms with Crippen molar-refractivity contribution in [3.05, 3.63) is 34.9 Å². The summed E-state index contributed by atoms with van der Waals surface area (Å²) in [6.45, 7) is 0. The van der Waals surface area contributed by atoms with Gasteiger partial charge in [-0.05, 0) is 36.5 Å². The molecule has 3 atom stereocenters. The first kappa shape index (κ1) is 10.2. The molecule has 1 amide bonds. The molecule has 84 valence electrons. The molecule has 2 fully saturated rings. The number of carbonyl (C=O) groups excluding carboxylic acids is 1. The van der Waals surface area contributed by atoms with Crippen LogP contribution in [0.15, 0.2) is 24.3 Å². The maximum Gasteiger partial charge on any atom is 0.228 e. The molecule has 1 aliphatic carbocycles. The molecule has 0 spiro atoms. The van der Waals surface area contributed by atoms with Crippen molar-refractivity contribution in [2.24, 2.45) is 5.92 Å². The Labute approximate surface area is 100.0 Å². The molecule has 16 heavy (non-hydrogen) atoms. The van der Waals surface area contributed by atoms with Crippen molar-refractivity contribution < 1.29 is 4.79 Å². The zero-order valence-electron chi connectivity index (χ0n) is 8.95. The minimum Gasteiger partial charge on any atom is -0.353 e. The average molecular weight is 236 g/mol. The smallest absolute Gasteiger partial charge is 0.228 e. The lowest BCUT2D eigenvalue weighted by Gasteiger charge is -2.15. The molecule has 0 unspecified atom stereocenters. The quantitative estimate of drug-likeness (QED) is 0.797. The molecular formula is C13H14ClNO. The largest absolute Gasteiger partial charge is 0.353 e. The standard InChI is InChI=1S/C13H14ClNO/c14-9-6-4-8(5-7-9)12-10-2-1-3-11(10)15-13(12)16/h4-7,10-12H,1-3H2,(H,15,16)/t10-,11+,12-/m0/s1.